The van der Waals surface area contributed by atoms with Gasteiger partial charge in [0.25, 0.3) is 0 Å². The van der Waals surface area contributed by atoms with Crippen molar-refractivity contribution in [1.29, 1.82) is 0 Å². The summed E-state index contributed by atoms with van der Waals surface area (Å²) in [5.41, 5.74) is -0.0208. The van der Waals surface area contributed by atoms with Crippen molar-refractivity contribution in [2.45, 2.75) is 31.9 Å². The van der Waals surface area contributed by atoms with Crippen molar-refractivity contribution in [3.63, 3.8) is 0 Å². The molecule has 1 fully saturated rings. The molecule has 1 aliphatic rings. The average Bonchev–Trinajstić information content (AvgIpc) is 2.76. The van der Waals surface area contributed by atoms with Crippen LogP contribution in [0.15, 0.2) is 41.6 Å². The van der Waals surface area contributed by atoms with E-state index in [1.165, 1.54) is 13.2 Å². The zero-order chi connectivity index (χ0) is 21.4. The van der Waals surface area contributed by atoms with E-state index in [4.69, 9.17) is 4.74 Å². The fraction of sp³-hybridized carbons (Fsp3) is 0.476. The summed E-state index contributed by atoms with van der Waals surface area (Å²) in [6.07, 6.45) is 1.16. The first-order valence-electron chi connectivity index (χ1n) is 9.91. The van der Waals surface area contributed by atoms with Crippen LogP contribution in [-0.4, -0.2) is 43.2 Å². The van der Waals surface area contributed by atoms with Crippen LogP contribution in [0.3, 0.4) is 0 Å². The Bertz CT molecular complexity index is 802. The molecule has 0 spiro atoms. The number of hydrogen-bond acceptors (Lipinski definition) is 6. The smallest absolute Gasteiger partial charge is 0.435 e. The predicted molar refractivity (Wildman–Crippen MR) is 108 cm³/mol. The number of ether oxygens (including phenoxy) is 1. The molecule has 1 saturated heterocycles. The summed E-state index contributed by atoms with van der Waals surface area (Å²) >= 11 is 0. The Morgan fingerprint density at radius 3 is 2.43 bits per heavy atom. The third-order valence-corrected chi connectivity index (χ3v) is 5.09. The maximum atomic E-state index is 12.6. The Balaban J connectivity index is 1.35. The number of benzene rings is 1. The van der Waals surface area contributed by atoms with Gasteiger partial charge >= 0.3 is 6.18 Å². The minimum absolute atomic E-state index is 0.503. The third-order valence-electron chi connectivity index (χ3n) is 5.09. The van der Waals surface area contributed by atoms with Crippen LogP contribution in [0.2, 0.25) is 0 Å². The Kier molecular flexibility index (Phi) is 7.48. The molecule has 0 aliphatic carbocycles. The Morgan fingerprint density at radius 2 is 1.83 bits per heavy atom. The van der Waals surface area contributed by atoms with Gasteiger partial charge in [0.1, 0.15) is 12.9 Å². The molecule has 1 aromatic heterocycles. The fourth-order valence-corrected chi connectivity index (χ4v) is 3.42. The molecule has 162 valence electrons. The van der Waals surface area contributed by atoms with E-state index < -0.39 is 11.9 Å². The lowest BCUT2D eigenvalue weighted by molar-refractivity contribution is -0.141. The lowest BCUT2D eigenvalue weighted by atomic mass is 9.92. The van der Waals surface area contributed by atoms with Gasteiger partial charge in [-0.2, -0.15) is 13.2 Å². The van der Waals surface area contributed by atoms with Gasteiger partial charge in [-0.15, -0.1) is 10.2 Å². The summed E-state index contributed by atoms with van der Waals surface area (Å²) < 4.78 is 43.6. The number of nitrogens with zero attached hydrogens (tertiary/aromatic N) is 4. The van der Waals surface area contributed by atoms with Crippen LogP contribution in [0.5, 0.6) is 5.75 Å². The van der Waals surface area contributed by atoms with Gasteiger partial charge in [-0.3, -0.25) is 0 Å². The summed E-state index contributed by atoms with van der Waals surface area (Å²) in [5.74, 6) is 1.91. The molecule has 0 N–H and O–H groups in total. The standard InChI is InChI=1S/C21H25F3N4O2/c1-29-25-15-17-4-6-18(7-5-17)30-14-2-3-16-10-12-28(13-11-16)20-9-8-19(26-27-20)21(22,23)24/h4-9,15-16H,2-3,10-14H2,1H3. The van der Waals surface area contributed by atoms with Gasteiger partial charge in [0.15, 0.2) is 11.5 Å². The predicted octanol–water partition coefficient (Wildman–Crippen LogP) is 4.55. The summed E-state index contributed by atoms with van der Waals surface area (Å²) in [7, 11) is 1.50. The van der Waals surface area contributed by atoms with E-state index in [1.807, 2.05) is 29.2 Å². The van der Waals surface area contributed by atoms with Crippen LogP contribution in [0.4, 0.5) is 19.0 Å². The van der Waals surface area contributed by atoms with Crippen molar-refractivity contribution >= 4 is 12.0 Å². The molecular weight excluding hydrogens is 397 g/mol. The quantitative estimate of drug-likeness (QED) is 0.355. The minimum Gasteiger partial charge on any atom is -0.494 e. The SMILES string of the molecule is CON=Cc1ccc(OCCCC2CCN(c3ccc(C(F)(F)F)nn3)CC2)cc1. The van der Waals surface area contributed by atoms with E-state index >= 15 is 0 Å². The summed E-state index contributed by atoms with van der Waals surface area (Å²) in [6.45, 7) is 2.20. The van der Waals surface area contributed by atoms with Gasteiger partial charge in [-0.1, -0.05) is 5.16 Å². The number of anilines is 1. The maximum absolute atomic E-state index is 12.6. The first kappa shape index (κ1) is 21.9. The number of halogens is 3. The zero-order valence-electron chi connectivity index (χ0n) is 16.8. The fourth-order valence-electron chi connectivity index (χ4n) is 3.42. The summed E-state index contributed by atoms with van der Waals surface area (Å²) in [4.78, 5) is 6.64. The molecule has 6 nitrogen and oxygen atoms in total. The zero-order valence-corrected chi connectivity index (χ0v) is 16.8. The van der Waals surface area contributed by atoms with E-state index in [-0.39, 0.29) is 0 Å². The molecule has 0 saturated carbocycles. The van der Waals surface area contributed by atoms with Crippen LogP contribution in [-0.2, 0) is 11.0 Å². The lowest BCUT2D eigenvalue weighted by Gasteiger charge is -2.32. The molecule has 0 unspecified atom stereocenters. The second-order valence-corrected chi connectivity index (χ2v) is 7.18. The Labute approximate surface area is 173 Å². The van der Waals surface area contributed by atoms with E-state index in [0.717, 1.165) is 56.2 Å². The Morgan fingerprint density at radius 1 is 1.10 bits per heavy atom. The molecule has 0 amide bonds. The number of aromatic nitrogens is 2. The molecule has 0 bridgehead atoms. The number of oxime groups is 1. The van der Waals surface area contributed by atoms with Crippen molar-refractivity contribution in [2.24, 2.45) is 11.1 Å². The summed E-state index contributed by atoms with van der Waals surface area (Å²) in [5, 5.41) is 10.8. The topological polar surface area (TPSA) is 59.8 Å². The van der Waals surface area contributed by atoms with E-state index in [2.05, 4.69) is 20.2 Å². The monoisotopic (exact) mass is 422 g/mol. The molecule has 9 heteroatoms. The highest BCUT2D eigenvalue weighted by molar-refractivity contribution is 5.79. The van der Waals surface area contributed by atoms with E-state index in [9.17, 15) is 13.2 Å². The molecule has 2 aromatic rings. The number of hydrogen-bond donors (Lipinski definition) is 0. The minimum atomic E-state index is -4.46. The van der Waals surface area contributed by atoms with Crippen molar-refractivity contribution < 1.29 is 22.7 Å². The van der Waals surface area contributed by atoms with Crippen LogP contribution >= 0.6 is 0 Å². The van der Waals surface area contributed by atoms with E-state index in [1.54, 1.807) is 6.21 Å². The Hall–Kier alpha value is -2.84. The van der Waals surface area contributed by atoms with Crippen LogP contribution in [0, 0.1) is 5.92 Å². The summed E-state index contributed by atoms with van der Waals surface area (Å²) in [6, 6.07) is 10.0. The molecule has 0 atom stereocenters. The molecular formula is C21H25F3N4O2. The lowest BCUT2D eigenvalue weighted by Crippen LogP contribution is -2.34. The van der Waals surface area contributed by atoms with Crippen LogP contribution in [0.1, 0.15) is 36.9 Å². The average molecular weight is 422 g/mol. The largest absolute Gasteiger partial charge is 0.494 e. The van der Waals surface area contributed by atoms with Gasteiger partial charge < -0.3 is 14.5 Å². The highest BCUT2D eigenvalue weighted by atomic mass is 19.4. The molecule has 3 rings (SSSR count). The van der Waals surface area contributed by atoms with Crippen molar-refractivity contribution in [2.75, 3.05) is 31.7 Å². The second kappa shape index (κ2) is 10.3. The van der Waals surface area contributed by atoms with Gasteiger partial charge in [-0.05, 0) is 73.6 Å². The number of alkyl halides is 3. The molecule has 0 radical (unpaired) electrons. The van der Waals surface area contributed by atoms with Crippen molar-refractivity contribution in [3.8, 4) is 5.75 Å². The normalized spacial score (nSPS) is 15.5. The van der Waals surface area contributed by atoms with Crippen LogP contribution < -0.4 is 9.64 Å². The van der Waals surface area contributed by atoms with Crippen molar-refractivity contribution in [1.82, 2.24) is 10.2 Å². The maximum Gasteiger partial charge on any atom is 0.435 e. The molecule has 30 heavy (non-hydrogen) atoms. The highest BCUT2D eigenvalue weighted by Gasteiger charge is 2.33. The first-order valence-corrected chi connectivity index (χ1v) is 9.91. The second-order valence-electron chi connectivity index (χ2n) is 7.18. The van der Waals surface area contributed by atoms with Gasteiger partial charge in [-0.25, -0.2) is 0 Å². The van der Waals surface area contributed by atoms with Gasteiger partial charge in [0.05, 0.1) is 12.8 Å². The molecule has 1 aromatic carbocycles. The van der Waals surface area contributed by atoms with Crippen molar-refractivity contribution in [3.05, 3.63) is 47.7 Å². The first-order chi connectivity index (χ1) is 14.5. The third kappa shape index (κ3) is 6.33. The van der Waals surface area contributed by atoms with Gasteiger partial charge in [0.2, 0.25) is 0 Å². The van der Waals surface area contributed by atoms with Gasteiger partial charge in [0, 0.05) is 13.1 Å². The highest BCUT2D eigenvalue weighted by Crippen LogP contribution is 2.29. The molecule has 1 aliphatic heterocycles. The van der Waals surface area contributed by atoms with E-state index in [0.29, 0.717) is 18.3 Å². The molecule has 2 heterocycles. The number of piperidine rings is 1. The van der Waals surface area contributed by atoms with Crippen LogP contribution in [0.25, 0.3) is 0 Å². The number of rotatable bonds is 8.